The first kappa shape index (κ1) is 37.0. The number of aromatic carboxylic acids is 1. The Kier molecular flexibility index (Phi) is 11.4. The molecule has 0 bridgehead atoms. The minimum atomic E-state index is -4.56. The number of carbonyl (C=O) groups excluding carboxylic acids is 2. The highest BCUT2D eigenvalue weighted by atomic mass is 35.5. The fourth-order valence-electron chi connectivity index (χ4n) is 5.71. The number of sulfonamides is 1. The van der Waals surface area contributed by atoms with E-state index in [1.807, 2.05) is 0 Å². The van der Waals surface area contributed by atoms with Crippen LogP contribution in [0.25, 0.3) is 0 Å². The van der Waals surface area contributed by atoms with Crippen LogP contribution < -0.4 is 5.43 Å². The molecule has 0 radical (unpaired) electrons. The van der Waals surface area contributed by atoms with E-state index in [2.05, 4.69) is 10.4 Å². The number of aliphatic carboxylic acids is 1. The van der Waals surface area contributed by atoms with Crippen molar-refractivity contribution >= 4 is 80.2 Å². The van der Waals surface area contributed by atoms with Gasteiger partial charge >= 0.3 is 11.9 Å². The van der Waals surface area contributed by atoms with Crippen molar-refractivity contribution in [1.29, 1.82) is 0 Å². The number of nitrogens with zero attached hydrogens (tertiary/aromatic N) is 3. The molecular weight excluding hydrogens is 754 g/mol. The van der Waals surface area contributed by atoms with Gasteiger partial charge in [0.2, 0.25) is 10.0 Å². The molecule has 1 fully saturated rings. The van der Waals surface area contributed by atoms with Gasteiger partial charge in [-0.1, -0.05) is 88.9 Å². The number of carbonyl (C=O) groups is 4. The van der Waals surface area contributed by atoms with Crippen LogP contribution in [-0.2, 0) is 26.0 Å². The predicted octanol–water partition coefficient (Wildman–Crippen LogP) is 5.81. The van der Waals surface area contributed by atoms with E-state index < -0.39 is 51.8 Å². The van der Waals surface area contributed by atoms with E-state index in [9.17, 15) is 37.8 Å². The van der Waals surface area contributed by atoms with Crippen molar-refractivity contribution in [3.05, 3.63) is 128 Å². The molecule has 0 aliphatic carbocycles. The molecular formula is C33H26Cl4N4O8S. The van der Waals surface area contributed by atoms with Gasteiger partial charge in [-0.05, 0) is 47.9 Å². The molecule has 1 aliphatic heterocycles. The Hall–Kier alpha value is -4.24. The minimum absolute atomic E-state index is 0.00718. The highest BCUT2D eigenvalue weighted by Crippen LogP contribution is 2.39. The first-order valence-corrected chi connectivity index (χ1v) is 17.6. The molecule has 1 saturated heterocycles. The average molecular weight is 780 g/mol. The van der Waals surface area contributed by atoms with Crippen LogP contribution in [0.1, 0.15) is 44.2 Å². The third-order valence-electron chi connectivity index (χ3n) is 8.04. The van der Waals surface area contributed by atoms with E-state index in [0.29, 0.717) is 16.1 Å². The molecule has 2 amide bonds. The van der Waals surface area contributed by atoms with Crippen LogP contribution in [0.4, 0.5) is 0 Å². The monoisotopic (exact) mass is 778 g/mol. The number of hydrogen-bond donors (Lipinski definition) is 3. The molecule has 1 unspecified atom stereocenters. The molecule has 17 heteroatoms. The predicted molar refractivity (Wildman–Crippen MR) is 185 cm³/mol. The van der Waals surface area contributed by atoms with Gasteiger partial charge in [0.15, 0.2) is 6.04 Å². The molecule has 12 nitrogen and oxygen atoms in total. The fourth-order valence-corrected chi connectivity index (χ4v) is 8.61. The van der Waals surface area contributed by atoms with Gasteiger partial charge in [-0.2, -0.15) is 4.31 Å². The van der Waals surface area contributed by atoms with Gasteiger partial charge in [0.25, 0.3) is 11.8 Å². The second-order valence-corrected chi connectivity index (χ2v) is 14.7. The van der Waals surface area contributed by atoms with E-state index in [4.69, 9.17) is 46.4 Å². The highest BCUT2D eigenvalue weighted by molar-refractivity contribution is 7.89. The summed E-state index contributed by atoms with van der Waals surface area (Å²) in [6.45, 7) is -0.228. The summed E-state index contributed by atoms with van der Waals surface area (Å²) in [7, 11) is -4.56. The quantitative estimate of drug-likeness (QED) is 0.168. The number of hydrazine groups is 1. The first-order valence-electron chi connectivity index (χ1n) is 14.7. The molecule has 3 N–H and O–H groups in total. The summed E-state index contributed by atoms with van der Waals surface area (Å²) < 4.78 is 29.4. The number of hydrogen-bond acceptors (Lipinski definition) is 7. The minimum Gasteiger partial charge on any atom is -0.480 e. The van der Waals surface area contributed by atoms with Crippen LogP contribution in [0, 0.1) is 0 Å². The van der Waals surface area contributed by atoms with Crippen molar-refractivity contribution in [3.63, 3.8) is 0 Å². The number of pyridine rings is 1. The number of halogens is 4. The number of carboxylic acids is 2. The van der Waals surface area contributed by atoms with Gasteiger partial charge < -0.3 is 10.2 Å². The molecule has 260 valence electrons. The number of rotatable bonds is 10. The summed E-state index contributed by atoms with van der Waals surface area (Å²) in [4.78, 5) is 56.6. The molecule has 4 aromatic rings. The lowest BCUT2D eigenvalue weighted by Gasteiger charge is -2.35. The van der Waals surface area contributed by atoms with Gasteiger partial charge in [-0.15, -0.1) is 0 Å². The Bertz CT molecular complexity index is 2030. The Morgan fingerprint density at radius 3 is 2.06 bits per heavy atom. The zero-order valence-corrected chi connectivity index (χ0v) is 29.4. The Morgan fingerprint density at radius 2 is 1.50 bits per heavy atom. The number of amides is 2. The standard InChI is InChI=1S/C33H26Cl4N4O8S/c34-21-13-22(35)15-23(14-21)50(48,49)40-11-10-24(19-6-8-20(9-7-19)32(44)45)29(40)31(43)41(27(33(46)47)12-18-4-2-1-3-5-18)39-30(42)28-25(36)16-38-17-26(28)37/h1-9,13-17,24,27,29H,10-12H2,(H,39,42)(H,44,45)(H,46,47)/t24-,27-,29?/m0/s1. The fraction of sp³-hybridized carbons (Fsp3) is 0.182. The topological polar surface area (TPSA) is 174 Å². The van der Waals surface area contributed by atoms with Crippen LogP contribution in [0.5, 0.6) is 0 Å². The third-order valence-corrected chi connectivity index (χ3v) is 10.9. The van der Waals surface area contributed by atoms with Crippen LogP contribution >= 0.6 is 46.4 Å². The van der Waals surface area contributed by atoms with E-state index in [1.54, 1.807) is 30.3 Å². The van der Waals surface area contributed by atoms with Crippen molar-refractivity contribution in [1.82, 2.24) is 19.7 Å². The maximum Gasteiger partial charge on any atom is 0.335 e. The Labute approximate surface area is 306 Å². The lowest BCUT2D eigenvalue weighted by Crippen LogP contribution is -2.61. The van der Waals surface area contributed by atoms with Crippen molar-refractivity contribution in [2.45, 2.75) is 35.7 Å². The van der Waals surface area contributed by atoms with Gasteiger partial charge in [0.05, 0.1) is 26.1 Å². The molecule has 3 atom stereocenters. The van der Waals surface area contributed by atoms with Gasteiger partial charge in [-0.3, -0.25) is 20.0 Å². The molecule has 2 heterocycles. The summed E-state index contributed by atoms with van der Waals surface area (Å²) >= 11 is 24.7. The zero-order chi connectivity index (χ0) is 36.3. The number of aromatic nitrogens is 1. The molecule has 50 heavy (non-hydrogen) atoms. The summed E-state index contributed by atoms with van der Waals surface area (Å²) in [5, 5.41) is 20.1. The largest absolute Gasteiger partial charge is 0.480 e. The molecule has 1 aromatic heterocycles. The average Bonchev–Trinajstić information content (AvgIpc) is 3.52. The molecule has 0 saturated carbocycles. The van der Waals surface area contributed by atoms with Gasteiger partial charge in [0, 0.05) is 41.3 Å². The molecule has 0 spiro atoms. The highest BCUT2D eigenvalue weighted by Gasteiger charge is 2.50. The van der Waals surface area contributed by atoms with Crippen LogP contribution in [0.15, 0.2) is 90.1 Å². The Morgan fingerprint density at radius 1 is 0.900 bits per heavy atom. The van der Waals surface area contributed by atoms with Crippen molar-refractivity contribution < 1.29 is 37.8 Å². The van der Waals surface area contributed by atoms with Crippen LogP contribution in [-0.4, -0.2) is 75.3 Å². The smallest absolute Gasteiger partial charge is 0.335 e. The SMILES string of the molecule is O=C(O)c1ccc([C@@H]2CCN(S(=O)(=O)c3cc(Cl)cc(Cl)c3)C2C(=O)N(NC(=O)c2c(Cl)cncc2Cl)[C@@H](Cc2ccccc2)C(=O)O)cc1. The van der Waals surface area contributed by atoms with E-state index >= 15 is 0 Å². The second kappa shape index (κ2) is 15.3. The van der Waals surface area contributed by atoms with Crippen LogP contribution in [0.3, 0.4) is 0 Å². The summed E-state index contributed by atoms with van der Waals surface area (Å²) in [5.41, 5.74) is 2.85. The van der Waals surface area contributed by atoms with Crippen molar-refractivity contribution in [2.24, 2.45) is 0 Å². The lowest BCUT2D eigenvalue weighted by atomic mass is 9.90. The Balaban J connectivity index is 1.67. The van der Waals surface area contributed by atoms with Gasteiger partial charge in [-0.25, -0.2) is 23.0 Å². The van der Waals surface area contributed by atoms with E-state index in [0.717, 1.165) is 28.8 Å². The lowest BCUT2D eigenvalue weighted by molar-refractivity contribution is -0.154. The van der Waals surface area contributed by atoms with Crippen molar-refractivity contribution in [3.8, 4) is 0 Å². The summed E-state index contributed by atoms with van der Waals surface area (Å²) in [6, 6.07) is 14.0. The number of nitrogens with one attached hydrogen (secondary N) is 1. The van der Waals surface area contributed by atoms with E-state index in [-0.39, 0.29) is 55.5 Å². The number of benzene rings is 3. The second-order valence-electron chi connectivity index (χ2n) is 11.2. The van der Waals surface area contributed by atoms with Crippen LogP contribution in [0.2, 0.25) is 20.1 Å². The first-order chi connectivity index (χ1) is 23.7. The maximum atomic E-state index is 14.9. The van der Waals surface area contributed by atoms with E-state index in [1.165, 1.54) is 30.3 Å². The zero-order valence-electron chi connectivity index (χ0n) is 25.5. The normalized spacial score (nSPS) is 16.8. The molecule has 3 aromatic carbocycles. The van der Waals surface area contributed by atoms with Gasteiger partial charge in [0.1, 0.15) is 6.04 Å². The molecule has 5 rings (SSSR count). The van der Waals surface area contributed by atoms with Crippen molar-refractivity contribution in [2.75, 3.05) is 6.54 Å². The maximum absolute atomic E-state index is 14.9. The summed E-state index contributed by atoms with van der Waals surface area (Å²) in [6.07, 6.45) is 2.01. The summed E-state index contributed by atoms with van der Waals surface area (Å²) in [5.74, 6) is -5.83. The number of carboxylic acid groups (broad SMARTS) is 2. The third kappa shape index (κ3) is 7.88. The molecule has 1 aliphatic rings.